The molecule has 2 aromatic rings. The van der Waals surface area contributed by atoms with Gasteiger partial charge in [-0.25, -0.2) is 4.79 Å². The molecule has 0 aliphatic carbocycles. The second kappa shape index (κ2) is 3.79. The van der Waals surface area contributed by atoms with Crippen molar-refractivity contribution in [2.24, 2.45) is 0 Å². The lowest BCUT2D eigenvalue weighted by Crippen LogP contribution is -2.01. The van der Waals surface area contributed by atoms with Gasteiger partial charge in [0.05, 0.1) is 17.1 Å². The first-order valence-corrected chi connectivity index (χ1v) is 5.23. The zero-order valence-electron chi connectivity index (χ0n) is 7.67. The summed E-state index contributed by atoms with van der Waals surface area (Å²) in [5.41, 5.74) is 1.46. The van der Waals surface area contributed by atoms with Crippen LogP contribution < -0.4 is 0 Å². The zero-order valence-corrected chi connectivity index (χ0v) is 10.1. The summed E-state index contributed by atoms with van der Waals surface area (Å²) in [4.78, 5) is 14.4. The van der Waals surface area contributed by atoms with Crippen LogP contribution in [0.1, 0.15) is 10.4 Å². The minimum absolute atomic E-state index is 0.224. The number of halogens is 1. The fourth-order valence-corrected chi connectivity index (χ4v) is 1.88. The molecule has 78 valence electrons. The van der Waals surface area contributed by atoms with Gasteiger partial charge in [0, 0.05) is 0 Å². The fourth-order valence-electron chi connectivity index (χ4n) is 1.28. The minimum atomic E-state index is -0.431. The molecule has 1 aromatic heterocycles. The molecule has 0 amide bonds. The number of oxazole rings is 1. The molecule has 0 aliphatic heterocycles. The molecule has 0 atom stereocenters. The van der Waals surface area contributed by atoms with Gasteiger partial charge in [-0.05, 0) is 40.3 Å². The highest BCUT2D eigenvalue weighted by Gasteiger charge is 2.15. The Hall–Kier alpha value is -1.14. The van der Waals surface area contributed by atoms with Gasteiger partial charge in [0.15, 0.2) is 5.58 Å². The van der Waals surface area contributed by atoms with Crippen LogP contribution in [0, 0.1) is 4.84 Å². The molecule has 0 saturated carbocycles. The Morgan fingerprint density at radius 3 is 3.00 bits per heavy atom. The highest BCUT2D eigenvalue weighted by molar-refractivity contribution is 9.10. The summed E-state index contributed by atoms with van der Waals surface area (Å²) in [5.74, 6) is -0.431. The first-order valence-electron chi connectivity index (χ1n) is 4.03. The molecule has 0 spiro atoms. The van der Waals surface area contributed by atoms with Crippen LogP contribution >= 0.6 is 28.1 Å². The van der Waals surface area contributed by atoms with Gasteiger partial charge in [0.2, 0.25) is 0 Å². The number of aromatic amines is 1. The highest BCUT2D eigenvalue weighted by Crippen LogP contribution is 2.26. The number of hydrogen-bond donors (Lipinski definition) is 1. The monoisotopic (exact) mass is 287 g/mol. The number of nitrogens with one attached hydrogen (secondary N) is 1. The van der Waals surface area contributed by atoms with E-state index < -0.39 is 5.97 Å². The molecule has 2 rings (SSSR count). The number of carbonyl (C=O) groups is 1. The maximum atomic E-state index is 11.4. The maximum absolute atomic E-state index is 11.4. The molecule has 0 unspecified atom stereocenters. The summed E-state index contributed by atoms with van der Waals surface area (Å²) in [5, 5.41) is 0. The first-order chi connectivity index (χ1) is 7.13. The number of benzene rings is 1. The second-order valence-electron chi connectivity index (χ2n) is 2.81. The van der Waals surface area contributed by atoms with Crippen molar-refractivity contribution in [3.8, 4) is 0 Å². The molecule has 0 saturated heterocycles. The maximum Gasteiger partial charge on any atom is 0.340 e. The topological polar surface area (TPSA) is 55.2 Å². The third-order valence-electron chi connectivity index (χ3n) is 1.94. The number of rotatable bonds is 1. The van der Waals surface area contributed by atoms with Crippen molar-refractivity contribution in [3.05, 3.63) is 27.0 Å². The Bertz CT molecular complexity index is 587. The van der Waals surface area contributed by atoms with E-state index in [-0.39, 0.29) is 4.84 Å². The van der Waals surface area contributed by atoms with E-state index in [1.165, 1.54) is 7.11 Å². The molecule has 1 N–H and O–H groups in total. The van der Waals surface area contributed by atoms with E-state index in [1.807, 2.05) is 0 Å². The van der Waals surface area contributed by atoms with Crippen LogP contribution in [-0.2, 0) is 4.74 Å². The van der Waals surface area contributed by atoms with Gasteiger partial charge < -0.3 is 14.1 Å². The third kappa shape index (κ3) is 1.70. The predicted molar refractivity (Wildman–Crippen MR) is 60.4 cm³/mol. The lowest BCUT2D eigenvalue weighted by molar-refractivity contribution is 0.0603. The van der Waals surface area contributed by atoms with Gasteiger partial charge in [0.1, 0.15) is 5.52 Å². The lowest BCUT2D eigenvalue weighted by Gasteiger charge is -2.00. The normalized spacial score (nSPS) is 10.5. The van der Waals surface area contributed by atoms with Gasteiger partial charge in [-0.2, -0.15) is 0 Å². The molecule has 0 radical (unpaired) electrons. The van der Waals surface area contributed by atoms with Crippen LogP contribution in [0.2, 0.25) is 0 Å². The Morgan fingerprint density at radius 1 is 1.60 bits per heavy atom. The van der Waals surface area contributed by atoms with Crippen molar-refractivity contribution in [2.75, 3.05) is 7.11 Å². The number of esters is 1. The summed E-state index contributed by atoms with van der Waals surface area (Å²) in [6, 6.07) is 3.35. The van der Waals surface area contributed by atoms with Gasteiger partial charge in [-0.3, -0.25) is 0 Å². The molecule has 1 aromatic carbocycles. The summed E-state index contributed by atoms with van der Waals surface area (Å²) < 4.78 is 10.6. The summed E-state index contributed by atoms with van der Waals surface area (Å²) >= 11 is 8.16. The van der Waals surface area contributed by atoms with Crippen molar-refractivity contribution < 1.29 is 13.9 Å². The van der Waals surface area contributed by atoms with Crippen LogP contribution in [0.4, 0.5) is 0 Å². The average molecular weight is 288 g/mol. The quantitative estimate of drug-likeness (QED) is 0.647. The lowest BCUT2D eigenvalue weighted by atomic mass is 10.2. The third-order valence-corrected chi connectivity index (χ3v) is 2.75. The summed E-state index contributed by atoms with van der Waals surface area (Å²) in [6.07, 6.45) is 0. The molecule has 0 bridgehead atoms. The zero-order chi connectivity index (χ0) is 11.0. The minimum Gasteiger partial charge on any atom is -0.465 e. The number of aromatic nitrogens is 1. The largest absolute Gasteiger partial charge is 0.465 e. The Morgan fingerprint density at radius 2 is 2.33 bits per heavy atom. The molecule has 6 heteroatoms. The van der Waals surface area contributed by atoms with Gasteiger partial charge in [0.25, 0.3) is 4.84 Å². The number of fused-ring (bicyclic) bond motifs is 1. The Labute approximate surface area is 98.4 Å². The van der Waals surface area contributed by atoms with Crippen LogP contribution in [0.5, 0.6) is 0 Å². The van der Waals surface area contributed by atoms with E-state index in [4.69, 9.17) is 16.6 Å². The van der Waals surface area contributed by atoms with E-state index in [0.29, 0.717) is 16.7 Å². The van der Waals surface area contributed by atoms with Crippen molar-refractivity contribution in [1.29, 1.82) is 0 Å². The molecule has 1 heterocycles. The molecule has 0 fully saturated rings. The molecule has 15 heavy (non-hydrogen) atoms. The second-order valence-corrected chi connectivity index (χ2v) is 4.03. The molecule has 4 nitrogen and oxygen atoms in total. The van der Waals surface area contributed by atoms with Gasteiger partial charge in [-0.1, -0.05) is 0 Å². The van der Waals surface area contributed by atoms with Crippen LogP contribution in [0.25, 0.3) is 11.1 Å². The number of ether oxygens (including phenoxy) is 1. The van der Waals surface area contributed by atoms with Gasteiger partial charge in [-0.15, -0.1) is 0 Å². The SMILES string of the molecule is COC(=O)c1ccc(Br)c2oc(=S)[nH]c12. The van der Waals surface area contributed by atoms with Crippen LogP contribution in [0.15, 0.2) is 21.0 Å². The van der Waals surface area contributed by atoms with E-state index in [9.17, 15) is 4.79 Å². The van der Waals surface area contributed by atoms with Crippen molar-refractivity contribution in [1.82, 2.24) is 4.98 Å². The number of methoxy groups -OCH3 is 1. The smallest absolute Gasteiger partial charge is 0.340 e. The Balaban J connectivity index is 2.82. The average Bonchev–Trinajstić information content (AvgIpc) is 2.60. The summed E-state index contributed by atoms with van der Waals surface area (Å²) in [6.45, 7) is 0. The van der Waals surface area contributed by atoms with Crippen LogP contribution in [0.3, 0.4) is 0 Å². The highest BCUT2D eigenvalue weighted by atomic mass is 79.9. The molecular formula is C9H6BrNO3S. The molecule has 0 aliphatic rings. The number of carbonyl (C=O) groups excluding carboxylic acids is 1. The first kappa shape index (κ1) is 10.4. The Kier molecular flexibility index (Phi) is 2.62. The standard InChI is InChI=1S/C9H6BrNO3S/c1-13-8(12)4-2-3-5(10)7-6(4)11-9(15)14-7/h2-3H,1H3,(H,11,15). The predicted octanol–water partition coefficient (Wildman–Crippen LogP) is 3.04. The fraction of sp³-hybridized carbons (Fsp3) is 0.111. The van der Waals surface area contributed by atoms with Crippen molar-refractivity contribution >= 4 is 45.2 Å². The summed E-state index contributed by atoms with van der Waals surface area (Å²) in [7, 11) is 1.32. The van der Waals surface area contributed by atoms with E-state index >= 15 is 0 Å². The van der Waals surface area contributed by atoms with Crippen molar-refractivity contribution in [2.45, 2.75) is 0 Å². The van der Waals surface area contributed by atoms with Crippen LogP contribution in [-0.4, -0.2) is 18.1 Å². The van der Waals surface area contributed by atoms with E-state index in [0.717, 1.165) is 4.47 Å². The van der Waals surface area contributed by atoms with E-state index in [2.05, 4.69) is 25.7 Å². The van der Waals surface area contributed by atoms with Gasteiger partial charge >= 0.3 is 5.97 Å². The van der Waals surface area contributed by atoms with E-state index in [1.54, 1.807) is 12.1 Å². The van der Waals surface area contributed by atoms with Crippen molar-refractivity contribution in [3.63, 3.8) is 0 Å². The molecular weight excluding hydrogens is 282 g/mol. The number of hydrogen-bond acceptors (Lipinski definition) is 4. The number of H-pyrrole nitrogens is 1.